The lowest BCUT2D eigenvalue weighted by Gasteiger charge is -2.40. The zero-order valence-corrected chi connectivity index (χ0v) is 51.5. The number of aliphatic hydroxyl groups excluding tert-OH is 2. The van der Waals surface area contributed by atoms with E-state index in [1.165, 1.54) is 141 Å². The highest BCUT2D eigenvalue weighted by Crippen LogP contribution is 2.27. The largest absolute Gasteiger partial charge is 0.479 e. The van der Waals surface area contributed by atoms with Gasteiger partial charge in [-0.3, -0.25) is 14.4 Å². The summed E-state index contributed by atoms with van der Waals surface area (Å²) in [5, 5.41) is 31.6. The molecule has 0 aromatic rings. The number of carboxylic acid groups (broad SMARTS) is 1. The van der Waals surface area contributed by atoms with E-state index in [9.17, 15) is 34.5 Å². The number of hydrogen-bond donors (Lipinski definition) is 3. The van der Waals surface area contributed by atoms with Gasteiger partial charge in [-0.25, -0.2) is 4.79 Å². The average Bonchev–Trinajstić information content (AvgIpc) is 3.53. The molecule has 0 spiro atoms. The number of esters is 3. The topological polar surface area (TPSA) is 175 Å². The normalized spacial score (nSPS) is 18.2. The van der Waals surface area contributed by atoms with Gasteiger partial charge in [-0.2, -0.15) is 0 Å². The first kappa shape index (κ1) is 75.2. The molecule has 1 fully saturated rings. The minimum Gasteiger partial charge on any atom is -0.479 e. The second-order valence-electron chi connectivity index (χ2n) is 22.4. The van der Waals surface area contributed by atoms with Crippen molar-refractivity contribution in [2.75, 3.05) is 13.2 Å². The molecule has 1 aliphatic heterocycles. The fourth-order valence-electron chi connectivity index (χ4n) is 9.74. The highest BCUT2D eigenvalue weighted by molar-refractivity contribution is 5.74. The summed E-state index contributed by atoms with van der Waals surface area (Å²) in [5.74, 6) is -3.16. The smallest absolute Gasteiger partial charge is 0.335 e. The Labute approximate surface area is 493 Å². The quantitative estimate of drug-likeness (QED) is 0.0228. The highest BCUT2D eigenvalue weighted by Gasteiger charge is 2.50. The molecular weight excluding hydrogens is 1020 g/mol. The summed E-state index contributed by atoms with van der Waals surface area (Å²) in [6.07, 6.45) is 60.1. The van der Waals surface area contributed by atoms with Crippen LogP contribution in [0.3, 0.4) is 0 Å². The van der Waals surface area contributed by atoms with Crippen LogP contribution in [0.5, 0.6) is 0 Å². The number of aliphatic hydroxyl groups is 2. The van der Waals surface area contributed by atoms with Crippen molar-refractivity contribution in [1.82, 2.24) is 0 Å². The van der Waals surface area contributed by atoms with Crippen molar-refractivity contribution < 1.29 is 58.2 Å². The van der Waals surface area contributed by atoms with Crippen LogP contribution in [0.1, 0.15) is 290 Å². The third-order valence-electron chi connectivity index (χ3n) is 14.8. The van der Waals surface area contributed by atoms with Crippen molar-refractivity contribution in [1.29, 1.82) is 0 Å². The number of aliphatic carboxylic acids is 1. The van der Waals surface area contributed by atoms with E-state index >= 15 is 0 Å². The molecular formula is C69H118O12. The molecule has 3 N–H and O–H groups in total. The van der Waals surface area contributed by atoms with Gasteiger partial charge in [0.15, 0.2) is 24.6 Å². The molecule has 6 atom stereocenters. The van der Waals surface area contributed by atoms with Crippen molar-refractivity contribution in [2.24, 2.45) is 0 Å². The highest BCUT2D eigenvalue weighted by atomic mass is 16.7. The predicted octanol–water partition coefficient (Wildman–Crippen LogP) is 17.7. The maximum Gasteiger partial charge on any atom is 0.335 e. The minimum absolute atomic E-state index is 0.00769. The Bertz CT molecular complexity index is 1680. The molecule has 0 radical (unpaired) electrons. The third kappa shape index (κ3) is 46.3. The van der Waals surface area contributed by atoms with Gasteiger partial charge in [0, 0.05) is 19.3 Å². The monoisotopic (exact) mass is 1140 g/mol. The number of unbranched alkanes of at least 4 members (excludes halogenated alkanes) is 30. The molecule has 0 saturated carbocycles. The third-order valence-corrected chi connectivity index (χ3v) is 14.8. The van der Waals surface area contributed by atoms with Gasteiger partial charge in [0.2, 0.25) is 0 Å². The molecule has 0 aromatic carbocycles. The molecule has 0 bridgehead atoms. The van der Waals surface area contributed by atoms with E-state index in [4.69, 9.17) is 23.7 Å². The van der Waals surface area contributed by atoms with Crippen LogP contribution in [-0.4, -0.2) is 89.2 Å². The molecule has 12 nitrogen and oxygen atoms in total. The molecule has 1 aliphatic rings. The lowest BCUT2D eigenvalue weighted by Crippen LogP contribution is -2.61. The Balaban J connectivity index is 2.67. The summed E-state index contributed by atoms with van der Waals surface area (Å²) in [5.41, 5.74) is 0. The summed E-state index contributed by atoms with van der Waals surface area (Å²) < 4.78 is 28.5. The minimum atomic E-state index is -1.92. The van der Waals surface area contributed by atoms with Crippen molar-refractivity contribution in [2.45, 2.75) is 327 Å². The maximum absolute atomic E-state index is 13.2. The van der Waals surface area contributed by atoms with Crippen LogP contribution in [0.15, 0.2) is 72.9 Å². The van der Waals surface area contributed by atoms with Crippen LogP contribution >= 0.6 is 0 Å². The van der Waals surface area contributed by atoms with E-state index in [0.717, 1.165) is 83.5 Å². The van der Waals surface area contributed by atoms with Crippen LogP contribution < -0.4 is 0 Å². The number of rotatable bonds is 56. The maximum atomic E-state index is 13.2. The summed E-state index contributed by atoms with van der Waals surface area (Å²) >= 11 is 0. The van der Waals surface area contributed by atoms with Crippen LogP contribution in [0.4, 0.5) is 0 Å². The Morgan fingerprint density at radius 3 is 1.23 bits per heavy atom. The first-order chi connectivity index (χ1) is 39.6. The van der Waals surface area contributed by atoms with Gasteiger partial charge in [-0.15, -0.1) is 0 Å². The molecule has 0 aliphatic carbocycles. The molecule has 81 heavy (non-hydrogen) atoms. The number of allylic oxidation sites excluding steroid dienone is 12. The Hall–Kier alpha value is -3.84. The molecule has 1 heterocycles. The zero-order chi connectivity index (χ0) is 58.9. The molecule has 0 aromatic heterocycles. The predicted molar refractivity (Wildman–Crippen MR) is 331 cm³/mol. The molecule has 466 valence electrons. The SMILES string of the molecule is CC/C=C\C/C=C\C/C=C\C/C=C\CCCCC(=O)OC1C(OCC(COC(=O)CCCCCCCCCCC/C=C\C/C=C\CCCCC)OC(=O)CCCCCCCCCCCCCCCCCCC)OC(C(=O)O)C(O)C1O. The number of carbonyl (C=O) groups is 4. The summed E-state index contributed by atoms with van der Waals surface area (Å²) in [6, 6.07) is 0. The van der Waals surface area contributed by atoms with E-state index in [0.29, 0.717) is 25.7 Å². The summed E-state index contributed by atoms with van der Waals surface area (Å²) in [7, 11) is 0. The standard InChI is InChI=1S/C69H118O12/c1-4-7-10-13-16-19-22-25-28-30-31-33-35-37-40-43-46-49-52-55-61(70)77-58-60(79-62(71)56-53-50-47-44-41-39-36-32-29-26-23-20-17-14-11-8-5-2)59-78-69-67(65(74)64(73)66(81-69)68(75)76)80-63(72)57-54-51-48-45-42-38-34-27-24-21-18-15-12-9-6-3/h9,12,16,18-19,21,25,27-28,34,42,45,60,64-67,69,73-74H,4-8,10-11,13-15,17,20,22-24,26,29-33,35-41,43-44,46-59H2,1-3H3,(H,75,76)/b12-9-,19-16-,21-18-,28-25-,34-27-,45-42-. The van der Waals surface area contributed by atoms with Gasteiger partial charge in [0.05, 0.1) is 6.61 Å². The Morgan fingerprint density at radius 2 is 0.778 bits per heavy atom. The van der Waals surface area contributed by atoms with Gasteiger partial charge in [-0.05, 0) is 89.9 Å². The van der Waals surface area contributed by atoms with E-state index in [1.54, 1.807) is 0 Å². The van der Waals surface area contributed by atoms with E-state index in [1.807, 2.05) is 0 Å². The summed E-state index contributed by atoms with van der Waals surface area (Å²) in [4.78, 5) is 51.3. The zero-order valence-electron chi connectivity index (χ0n) is 51.5. The van der Waals surface area contributed by atoms with Crippen molar-refractivity contribution in [3.63, 3.8) is 0 Å². The van der Waals surface area contributed by atoms with Crippen LogP contribution in [0.2, 0.25) is 0 Å². The second kappa shape index (κ2) is 56.6. The lowest BCUT2D eigenvalue weighted by atomic mass is 9.98. The van der Waals surface area contributed by atoms with Crippen LogP contribution in [0.25, 0.3) is 0 Å². The van der Waals surface area contributed by atoms with E-state index in [2.05, 4.69) is 93.7 Å². The first-order valence-electron chi connectivity index (χ1n) is 32.9. The van der Waals surface area contributed by atoms with Gasteiger partial charge in [0.25, 0.3) is 0 Å². The number of carbonyl (C=O) groups excluding carboxylic acids is 3. The van der Waals surface area contributed by atoms with Crippen molar-refractivity contribution in [3.05, 3.63) is 72.9 Å². The van der Waals surface area contributed by atoms with Crippen LogP contribution in [-0.2, 0) is 42.9 Å². The molecule has 12 heteroatoms. The molecule has 1 rings (SSSR count). The first-order valence-corrected chi connectivity index (χ1v) is 32.9. The second-order valence-corrected chi connectivity index (χ2v) is 22.4. The number of carboxylic acids is 1. The molecule has 1 saturated heterocycles. The van der Waals surface area contributed by atoms with Gasteiger partial charge in [0.1, 0.15) is 18.8 Å². The fourth-order valence-corrected chi connectivity index (χ4v) is 9.74. The number of ether oxygens (including phenoxy) is 5. The lowest BCUT2D eigenvalue weighted by molar-refractivity contribution is -0.301. The molecule has 0 amide bonds. The molecule has 6 unspecified atom stereocenters. The van der Waals surface area contributed by atoms with E-state index < -0.39 is 67.3 Å². The Morgan fingerprint density at radius 1 is 0.420 bits per heavy atom. The van der Waals surface area contributed by atoms with Crippen LogP contribution in [0, 0.1) is 0 Å². The fraction of sp³-hybridized carbons (Fsp3) is 0.768. The van der Waals surface area contributed by atoms with Crippen molar-refractivity contribution in [3.8, 4) is 0 Å². The van der Waals surface area contributed by atoms with Gasteiger partial charge in [-0.1, -0.05) is 254 Å². The van der Waals surface area contributed by atoms with Gasteiger partial charge < -0.3 is 39.0 Å². The van der Waals surface area contributed by atoms with E-state index in [-0.39, 0.29) is 25.9 Å². The Kier molecular flexibility index (Phi) is 52.6. The van der Waals surface area contributed by atoms with Gasteiger partial charge >= 0.3 is 23.9 Å². The van der Waals surface area contributed by atoms with Crippen molar-refractivity contribution >= 4 is 23.9 Å². The average molecular weight is 1140 g/mol. The summed E-state index contributed by atoms with van der Waals surface area (Å²) in [6.45, 7) is 5.87. The number of hydrogen-bond acceptors (Lipinski definition) is 11.